The lowest BCUT2D eigenvalue weighted by molar-refractivity contribution is 0.206. The molecule has 0 aliphatic rings. The molecule has 1 aromatic carbocycles. The fraction of sp³-hybridized carbons (Fsp3) is 0.0833. The Kier molecular flexibility index (Phi) is 4.78. The van der Waals surface area contributed by atoms with Gasteiger partial charge in [0.05, 0.1) is 6.54 Å². The molecule has 0 bridgehead atoms. The second-order valence-electron chi connectivity index (χ2n) is 4.10. The fourth-order valence-corrected chi connectivity index (χ4v) is 2.08. The first-order valence-electron chi connectivity index (χ1n) is 5.81. The summed E-state index contributed by atoms with van der Waals surface area (Å²) in [5.41, 5.74) is 4.05. The predicted molar refractivity (Wildman–Crippen MR) is 82.0 cm³/mol. The van der Waals surface area contributed by atoms with Crippen LogP contribution in [0.4, 0.5) is 10.5 Å². The van der Waals surface area contributed by atoms with Crippen LogP contribution in [0.1, 0.15) is 5.56 Å². The number of halogens is 1. The first kappa shape index (κ1) is 16.0. The lowest BCUT2D eigenvalue weighted by Crippen LogP contribution is -2.23. The van der Waals surface area contributed by atoms with Crippen molar-refractivity contribution in [2.24, 2.45) is 10.9 Å². The second-order valence-corrected chi connectivity index (χ2v) is 4.93. The number of primary amides is 1. The second kappa shape index (κ2) is 6.58. The van der Waals surface area contributed by atoms with Crippen molar-refractivity contribution in [3.63, 3.8) is 0 Å². The minimum Gasteiger partial charge on any atom is -0.390 e. The molecule has 0 saturated carbocycles. The Labute approximate surface area is 134 Å². The molecule has 2 rings (SSSR count). The number of carbonyl (C=O) groups is 1. The number of thiol groups is 1. The summed E-state index contributed by atoms with van der Waals surface area (Å²) in [4.78, 5) is 37.0. The van der Waals surface area contributed by atoms with Gasteiger partial charge in [0.2, 0.25) is 11.6 Å². The van der Waals surface area contributed by atoms with Crippen molar-refractivity contribution in [1.82, 2.24) is 9.55 Å². The van der Waals surface area contributed by atoms with Gasteiger partial charge in [-0.05, 0) is 22.9 Å². The molecule has 1 aromatic heterocycles. The van der Waals surface area contributed by atoms with Gasteiger partial charge in [0.15, 0.2) is 5.16 Å². The first-order chi connectivity index (χ1) is 10.4. The number of aromatic nitrogens is 2. The third kappa shape index (κ3) is 3.43. The molecule has 0 saturated heterocycles. The number of benzene rings is 1. The van der Waals surface area contributed by atoms with E-state index in [0.29, 0.717) is 5.02 Å². The molecule has 1 amide bonds. The lowest BCUT2D eigenvalue weighted by atomic mass is 10.2. The third-order valence-corrected chi connectivity index (χ3v) is 3.23. The van der Waals surface area contributed by atoms with Crippen LogP contribution >= 0.6 is 24.2 Å². The number of hydrogen-bond donors (Lipinski definition) is 2. The Hall–Kier alpha value is -2.39. The number of hydrogen-bond acceptors (Lipinski definition) is 7. The summed E-state index contributed by atoms with van der Waals surface area (Å²) >= 11 is 9.84. The van der Waals surface area contributed by atoms with E-state index in [2.05, 4.69) is 22.8 Å². The molecule has 0 fully saturated rings. The minimum absolute atomic E-state index is 0.0661. The number of ether oxygens (including phenoxy) is 1. The average molecular weight is 341 g/mol. The van der Waals surface area contributed by atoms with Crippen molar-refractivity contribution < 1.29 is 9.53 Å². The molecule has 2 aromatic rings. The Balaban J connectivity index is 2.57. The molecule has 0 atom stereocenters. The summed E-state index contributed by atoms with van der Waals surface area (Å²) in [6.45, 7) is 0.106. The Morgan fingerprint density at radius 1 is 1.41 bits per heavy atom. The molecule has 114 valence electrons. The highest BCUT2D eigenvalue weighted by Gasteiger charge is 2.20. The highest BCUT2D eigenvalue weighted by Crippen LogP contribution is 2.26. The van der Waals surface area contributed by atoms with Gasteiger partial charge in [-0.3, -0.25) is 9.36 Å². The topological polar surface area (TPSA) is 117 Å². The van der Waals surface area contributed by atoms with E-state index < -0.39 is 23.2 Å². The Bertz CT molecular complexity index is 791. The van der Waals surface area contributed by atoms with Gasteiger partial charge in [-0.2, -0.15) is 4.98 Å². The summed E-state index contributed by atoms with van der Waals surface area (Å²) < 4.78 is 5.94. The number of nitroso groups, excluding NO2 is 1. The Morgan fingerprint density at radius 2 is 2.05 bits per heavy atom. The lowest BCUT2D eigenvalue weighted by Gasteiger charge is -2.15. The Morgan fingerprint density at radius 3 is 2.59 bits per heavy atom. The van der Waals surface area contributed by atoms with E-state index in [4.69, 9.17) is 22.1 Å². The number of carbonyl (C=O) groups excluding carboxylic acids is 1. The smallest absolute Gasteiger partial charge is 0.390 e. The van der Waals surface area contributed by atoms with Gasteiger partial charge in [-0.15, -0.1) is 17.5 Å². The maximum atomic E-state index is 11.6. The number of nitrogens with zero attached hydrogens (tertiary/aromatic N) is 3. The maximum absolute atomic E-state index is 11.6. The van der Waals surface area contributed by atoms with Crippen LogP contribution in [0.3, 0.4) is 0 Å². The third-order valence-electron chi connectivity index (χ3n) is 2.64. The fourth-order valence-electron chi connectivity index (χ4n) is 1.71. The molecule has 0 unspecified atom stereocenters. The van der Waals surface area contributed by atoms with E-state index in [9.17, 15) is 14.5 Å². The molecular weight excluding hydrogens is 332 g/mol. The zero-order chi connectivity index (χ0) is 16.3. The highest BCUT2D eigenvalue weighted by atomic mass is 35.5. The summed E-state index contributed by atoms with van der Waals surface area (Å²) in [5.74, 6) is -0.414. The van der Waals surface area contributed by atoms with E-state index >= 15 is 0 Å². The van der Waals surface area contributed by atoms with Gasteiger partial charge >= 0.3 is 11.7 Å². The highest BCUT2D eigenvalue weighted by molar-refractivity contribution is 7.80. The molecule has 0 aliphatic carbocycles. The monoisotopic (exact) mass is 340 g/mol. The SMILES string of the molecule is NC(=O)Oc1c(N=O)c(=O)nc(S)n1Cc1ccc(Cl)cc1. The van der Waals surface area contributed by atoms with Crippen molar-refractivity contribution in [1.29, 1.82) is 0 Å². The van der Waals surface area contributed by atoms with Crippen molar-refractivity contribution in [2.75, 3.05) is 0 Å². The van der Waals surface area contributed by atoms with Crippen LogP contribution < -0.4 is 16.0 Å². The van der Waals surface area contributed by atoms with Crippen LogP contribution in [0, 0.1) is 4.91 Å². The summed E-state index contributed by atoms with van der Waals surface area (Å²) in [6, 6.07) is 6.71. The van der Waals surface area contributed by atoms with Crippen molar-refractivity contribution in [3.05, 3.63) is 50.1 Å². The zero-order valence-corrected chi connectivity index (χ0v) is 12.5. The van der Waals surface area contributed by atoms with Crippen molar-refractivity contribution >= 4 is 36.0 Å². The van der Waals surface area contributed by atoms with Gasteiger partial charge in [-0.25, -0.2) is 4.79 Å². The molecule has 1 heterocycles. The number of amides is 1. The quantitative estimate of drug-likeness (QED) is 0.502. The van der Waals surface area contributed by atoms with Crippen LogP contribution in [0.25, 0.3) is 0 Å². The molecule has 0 aliphatic heterocycles. The predicted octanol–water partition coefficient (Wildman–Crippen LogP) is 2.09. The first-order valence-corrected chi connectivity index (χ1v) is 6.63. The normalized spacial score (nSPS) is 10.3. The van der Waals surface area contributed by atoms with Crippen molar-refractivity contribution in [2.45, 2.75) is 11.7 Å². The summed E-state index contributed by atoms with van der Waals surface area (Å²) in [7, 11) is 0. The molecular formula is C12H9ClN4O4S. The van der Waals surface area contributed by atoms with Crippen LogP contribution in [0.2, 0.25) is 5.02 Å². The summed E-state index contributed by atoms with van der Waals surface area (Å²) in [6.07, 6.45) is -1.20. The summed E-state index contributed by atoms with van der Waals surface area (Å²) in [5, 5.41) is 3.02. The van der Waals surface area contributed by atoms with Gasteiger partial charge in [0.25, 0.3) is 0 Å². The molecule has 10 heteroatoms. The molecule has 22 heavy (non-hydrogen) atoms. The van der Waals surface area contributed by atoms with E-state index in [1.165, 1.54) is 4.57 Å². The van der Waals surface area contributed by atoms with Gasteiger partial charge in [-0.1, -0.05) is 23.7 Å². The largest absolute Gasteiger partial charge is 0.411 e. The zero-order valence-electron chi connectivity index (χ0n) is 10.9. The molecule has 8 nitrogen and oxygen atoms in total. The van der Waals surface area contributed by atoms with E-state index in [1.54, 1.807) is 24.3 Å². The van der Waals surface area contributed by atoms with E-state index in [1.807, 2.05) is 0 Å². The maximum Gasteiger partial charge on any atom is 0.411 e. The average Bonchev–Trinajstić information content (AvgIpc) is 2.44. The van der Waals surface area contributed by atoms with Crippen LogP contribution in [-0.4, -0.2) is 15.6 Å². The van der Waals surface area contributed by atoms with Gasteiger partial charge < -0.3 is 10.5 Å². The molecule has 0 radical (unpaired) electrons. The van der Waals surface area contributed by atoms with Crippen LogP contribution in [0.15, 0.2) is 39.4 Å². The molecule has 2 N–H and O–H groups in total. The standard InChI is InChI=1S/C12H9ClN4O4S/c13-7-3-1-6(2-4-7)5-17-10(21-11(14)19)8(16-20)9(18)15-12(17)22/h1-4H,5H2,(H2,14,19)(H,15,18,22). The van der Waals surface area contributed by atoms with E-state index in [-0.39, 0.29) is 11.7 Å². The van der Waals surface area contributed by atoms with Crippen LogP contribution in [0.5, 0.6) is 5.88 Å². The minimum atomic E-state index is -1.20. The van der Waals surface area contributed by atoms with Gasteiger partial charge in [0.1, 0.15) is 0 Å². The van der Waals surface area contributed by atoms with Crippen LogP contribution in [-0.2, 0) is 6.54 Å². The van der Waals surface area contributed by atoms with Crippen molar-refractivity contribution in [3.8, 4) is 5.88 Å². The number of rotatable bonds is 4. The molecule has 0 spiro atoms. The van der Waals surface area contributed by atoms with Gasteiger partial charge in [0, 0.05) is 5.02 Å². The number of nitrogens with two attached hydrogens (primary N) is 1. The van der Waals surface area contributed by atoms with E-state index in [0.717, 1.165) is 5.56 Å².